The number of anilines is 2. The van der Waals surface area contributed by atoms with Crippen LogP contribution in [-0.2, 0) is 9.59 Å². The van der Waals surface area contributed by atoms with E-state index in [1.54, 1.807) is 38.2 Å². The van der Waals surface area contributed by atoms with Gasteiger partial charge >= 0.3 is 0 Å². The van der Waals surface area contributed by atoms with Gasteiger partial charge in [0.1, 0.15) is 11.6 Å². The number of hydrogen-bond acceptors (Lipinski definition) is 5. The van der Waals surface area contributed by atoms with E-state index >= 15 is 0 Å². The Bertz CT molecular complexity index is 1030. The zero-order valence-corrected chi connectivity index (χ0v) is 20.4. The van der Waals surface area contributed by atoms with Gasteiger partial charge in [-0.2, -0.15) is 0 Å². The molecular formula is C24H28Cl2N4O3. The largest absolute Gasteiger partial charge is 0.476 e. The molecule has 0 spiro atoms. The van der Waals surface area contributed by atoms with E-state index < -0.39 is 5.60 Å². The van der Waals surface area contributed by atoms with Crippen LogP contribution < -0.4 is 20.3 Å². The third-order valence-electron chi connectivity index (χ3n) is 6.21. The first-order chi connectivity index (χ1) is 15.6. The summed E-state index contributed by atoms with van der Waals surface area (Å²) in [7, 11) is 0. The molecule has 0 saturated carbocycles. The van der Waals surface area contributed by atoms with Crippen LogP contribution in [0.4, 0.5) is 11.5 Å². The predicted molar refractivity (Wildman–Crippen MR) is 130 cm³/mol. The Morgan fingerprint density at radius 3 is 2.39 bits per heavy atom. The van der Waals surface area contributed by atoms with Crippen LogP contribution in [0.3, 0.4) is 0 Å². The minimum atomic E-state index is -1.09. The number of piperidine rings is 1. The number of pyridine rings is 1. The molecule has 33 heavy (non-hydrogen) atoms. The molecule has 176 valence electrons. The SMILES string of the molecule is CC(=O)Nc1ccc(N2[C@@H]3CC[C@H]2CC(NC(=O)C(C)(C)Oc2ccc(Cl)cc2Cl)C3)nc1. The highest BCUT2D eigenvalue weighted by Crippen LogP contribution is 2.39. The fourth-order valence-corrected chi connectivity index (χ4v) is 5.17. The second kappa shape index (κ2) is 9.39. The number of hydrogen-bond donors (Lipinski definition) is 2. The molecular weight excluding hydrogens is 463 g/mol. The molecule has 3 atom stereocenters. The summed E-state index contributed by atoms with van der Waals surface area (Å²) >= 11 is 12.2. The van der Waals surface area contributed by atoms with Gasteiger partial charge in [0.25, 0.3) is 5.91 Å². The first kappa shape index (κ1) is 23.6. The quantitative estimate of drug-likeness (QED) is 0.606. The third-order valence-corrected chi connectivity index (χ3v) is 6.74. The van der Waals surface area contributed by atoms with Gasteiger partial charge in [0, 0.05) is 30.1 Å². The maximum absolute atomic E-state index is 13.1. The van der Waals surface area contributed by atoms with Crippen molar-refractivity contribution in [2.75, 3.05) is 10.2 Å². The number of aromatic nitrogens is 1. The second-order valence-corrected chi connectivity index (χ2v) is 10.1. The van der Waals surface area contributed by atoms with Gasteiger partial charge in [-0.05, 0) is 69.9 Å². The summed E-state index contributed by atoms with van der Waals surface area (Å²) in [5.74, 6) is 1.03. The van der Waals surface area contributed by atoms with E-state index in [2.05, 4.69) is 20.5 Å². The molecule has 3 heterocycles. The summed E-state index contributed by atoms with van der Waals surface area (Å²) in [6, 6.07) is 9.44. The van der Waals surface area contributed by atoms with E-state index in [1.807, 2.05) is 12.1 Å². The average Bonchev–Trinajstić information content (AvgIpc) is 3.00. The Morgan fingerprint density at radius 1 is 1.12 bits per heavy atom. The highest BCUT2D eigenvalue weighted by molar-refractivity contribution is 6.35. The van der Waals surface area contributed by atoms with Crippen LogP contribution in [0.1, 0.15) is 46.5 Å². The van der Waals surface area contributed by atoms with Crippen LogP contribution in [0.15, 0.2) is 36.5 Å². The van der Waals surface area contributed by atoms with E-state index in [4.69, 9.17) is 27.9 Å². The molecule has 0 aliphatic carbocycles. The van der Waals surface area contributed by atoms with Crippen LogP contribution in [-0.4, -0.2) is 40.5 Å². The average molecular weight is 491 g/mol. The molecule has 9 heteroatoms. The van der Waals surface area contributed by atoms with Gasteiger partial charge in [0.2, 0.25) is 5.91 Å². The van der Waals surface area contributed by atoms with Crippen molar-refractivity contribution in [3.05, 3.63) is 46.6 Å². The zero-order valence-electron chi connectivity index (χ0n) is 18.9. The van der Waals surface area contributed by atoms with Crippen molar-refractivity contribution in [3.8, 4) is 5.75 Å². The highest BCUT2D eigenvalue weighted by Gasteiger charge is 2.43. The summed E-state index contributed by atoms with van der Waals surface area (Å²) in [5.41, 5.74) is -0.404. The van der Waals surface area contributed by atoms with Gasteiger partial charge in [0.05, 0.1) is 16.9 Å². The van der Waals surface area contributed by atoms with E-state index in [0.29, 0.717) is 33.6 Å². The van der Waals surface area contributed by atoms with E-state index in [-0.39, 0.29) is 17.9 Å². The van der Waals surface area contributed by atoms with Crippen molar-refractivity contribution < 1.29 is 14.3 Å². The lowest BCUT2D eigenvalue weighted by atomic mass is 9.96. The number of amides is 2. The molecule has 2 amide bonds. The second-order valence-electron chi connectivity index (χ2n) is 9.21. The highest BCUT2D eigenvalue weighted by atomic mass is 35.5. The number of carbonyl (C=O) groups excluding carboxylic acids is 2. The maximum atomic E-state index is 13.1. The van der Waals surface area contributed by atoms with Crippen molar-refractivity contribution in [3.63, 3.8) is 0 Å². The zero-order chi connectivity index (χ0) is 23.8. The fourth-order valence-electron chi connectivity index (χ4n) is 4.72. The summed E-state index contributed by atoms with van der Waals surface area (Å²) < 4.78 is 5.94. The summed E-state index contributed by atoms with van der Waals surface area (Å²) in [5, 5.41) is 6.81. The van der Waals surface area contributed by atoms with E-state index in [0.717, 1.165) is 31.5 Å². The summed E-state index contributed by atoms with van der Waals surface area (Å²) in [6.07, 6.45) is 5.50. The molecule has 2 bridgehead atoms. The number of nitrogens with zero attached hydrogens (tertiary/aromatic N) is 2. The Labute approximate surface area is 203 Å². The number of nitrogens with one attached hydrogen (secondary N) is 2. The van der Waals surface area contributed by atoms with Gasteiger partial charge in [-0.15, -0.1) is 0 Å². The predicted octanol–water partition coefficient (Wildman–Crippen LogP) is 4.82. The monoisotopic (exact) mass is 490 g/mol. The van der Waals surface area contributed by atoms with E-state index in [1.165, 1.54) is 6.92 Å². The maximum Gasteiger partial charge on any atom is 0.263 e. The standard InChI is InChI=1S/C24H28Cl2N4O3/c1-14(31)28-16-5-9-22(27-13-16)30-18-6-7-19(30)12-17(11-18)29-23(32)24(2,3)33-21-8-4-15(25)10-20(21)26/h4-5,8-10,13,17-19H,6-7,11-12H2,1-3H3,(H,28,31)(H,29,32)/t17?,18-,19+. The van der Waals surface area contributed by atoms with Crippen LogP contribution in [0.25, 0.3) is 0 Å². The third kappa shape index (κ3) is 5.36. The molecule has 1 aromatic carbocycles. The minimum Gasteiger partial charge on any atom is -0.476 e. The Hall–Kier alpha value is -2.51. The molecule has 2 saturated heterocycles. The smallest absolute Gasteiger partial charge is 0.263 e. The molecule has 0 radical (unpaired) electrons. The summed E-state index contributed by atoms with van der Waals surface area (Å²) in [4.78, 5) is 31.2. The topological polar surface area (TPSA) is 83.6 Å². The van der Waals surface area contributed by atoms with Crippen LogP contribution in [0, 0.1) is 0 Å². The van der Waals surface area contributed by atoms with Crippen LogP contribution in [0.5, 0.6) is 5.75 Å². The Morgan fingerprint density at radius 2 is 1.82 bits per heavy atom. The molecule has 7 nitrogen and oxygen atoms in total. The molecule has 2 aromatic rings. The van der Waals surface area contributed by atoms with E-state index in [9.17, 15) is 9.59 Å². The number of halogens is 2. The van der Waals surface area contributed by atoms with Crippen molar-refractivity contribution >= 4 is 46.5 Å². The van der Waals surface area contributed by atoms with Crippen molar-refractivity contribution in [1.82, 2.24) is 10.3 Å². The first-order valence-corrected chi connectivity index (χ1v) is 11.8. The number of ether oxygens (including phenoxy) is 1. The lowest BCUT2D eigenvalue weighted by molar-refractivity contribution is -0.135. The molecule has 1 aromatic heterocycles. The lowest BCUT2D eigenvalue weighted by Crippen LogP contribution is -2.55. The fraction of sp³-hybridized carbons (Fsp3) is 0.458. The molecule has 2 fully saturated rings. The minimum absolute atomic E-state index is 0.0634. The molecule has 2 N–H and O–H groups in total. The molecule has 2 aliphatic rings. The summed E-state index contributed by atoms with van der Waals surface area (Å²) in [6.45, 7) is 4.94. The number of fused-ring (bicyclic) bond motifs is 2. The molecule has 4 rings (SSSR count). The number of carbonyl (C=O) groups is 2. The van der Waals surface area contributed by atoms with Gasteiger partial charge in [0.15, 0.2) is 5.60 Å². The van der Waals surface area contributed by atoms with Crippen LogP contribution >= 0.6 is 23.2 Å². The number of rotatable bonds is 6. The molecule has 2 aliphatic heterocycles. The van der Waals surface area contributed by atoms with Gasteiger partial charge in [-0.3, -0.25) is 9.59 Å². The lowest BCUT2D eigenvalue weighted by Gasteiger charge is -2.40. The normalized spacial score (nSPS) is 22.1. The van der Waals surface area contributed by atoms with Crippen molar-refractivity contribution in [1.29, 1.82) is 0 Å². The van der Waals surface area contributed by atoms with Gasteiger partial charge in [-0.1, -0.05) is 23.2 Å². The number of benzene rings is 1. The van der Waals surface area contributed by atoms with Crippen molar-refractivity contribution in [2.45, 2.75) is 70.2 Å². The van der Waals surface area contributed by atoms with Crippen LogP contribution in [0.2, 0.25) is 10.0 Å². The Balaban J connectivity index is 1.38. The van der Waals surface area contributed by atoms with Crippen molar-refractivity contribution in [2.24, 2.45) is 0 Å². The first-order valence-electron chi connectivity index (χ1n) is 11.1. The Kier molecular flexibility index (Phi) is 6.73. The molecule has 1 unspecified atom stereocenters. The van der Waals surface area contributed by atoms with Gasteiger partial charge in [-0.25, -0.2) is 4.98 Å². The van der Waals surface area contributed by atoms with Gasteiger partial charge < -0.3 is 20.3 Å².